The van der Waals surface area contributed by atoms with Crippen molar-refractivity contribution in [2.24, 2.45) is 0 Å². The number of aromatic nitrogens is 2. The number of nitrogens with one attached hydrogen (secondary N) is 1. The van der Waals surface area contributed by atoms with Crippen molar-refractivity contribution in [1.29, 1.82) is 0 Å². The Labute approximate surface area is 110 Å². The third-order valence-electron chi connectivity index (χ3n) is 2.67. The average Bonchev–Trinajstić information content (AvgIpc) is 2.34. The van der Waals surface area contributed by atoms with Gasteiger partial charge in [-0.2, -0.15) is 0 Å². The van der Waals surface area contributed by atoms with E-state index in [1.165, 1.54) is 6.07 Å². The molecular formula is C13H13ClFN3. The molecule has 0 radical (unpaired) electrons. The summed E-state index contributed by atoms with van der Waals surface area (Å²) >= 11 is 5.98. The molecule has 5 heteroatoms. The van der Waals surface area contributed by atoms with Crippen molar-refractivity contribution in [1.82, 2.24) is 9.97 Å². The van der Waals surface area contributed by atoms with Gasteiger partial charge >= 0.3 is 0 Å². The van der Waals surface area contributed by atoms with Crippen molar-refractivity contribution in [3.05, 3.63) is 52.2 Å². The number of aryl methyl sites for hydroxylation is 2. The van der Waals surface area contributed by atoms with E-state index < -0.39 is 0 Å². The smallest absolute Gasteiger partial charge is 0.171 e. The fourth-order valence-electron chi connectivity index (χ4n) is 1.51. The van der Waals surface area contributed by atoms with Crippen molar-refractivity contribution in [3.63, 3.8) is 0 Å². The molecule has 0 aliphatic heterocycles. The summed E-state index contributed by atoms with van der Waals surface area (Å²) in [5.41, 5.74) is 2.15. The normalized spacial score (nSPS) is 10.4. The van der Waals surface area contributed by atoms with E-state index in [4.69, 9.17) is 11.6 Å². The summed E-state index contributed by atoms with van der Waals surface area (Å²) < 4.78 is 13.4. The summed E-state index contributed by atoms with van der Waals surface area (Å²) in [5, 5.41) is 3.29. The fraction of sp³-hybridized carbons (Fsp3) is 0.231. The lowest BCUT2D eigenvalue weighted by Gasteiger charge is -2.09. The van der Waals surface area contributed by atoms with E-state index in [1.807, 2.05) is 13.8 Å². The Morgan fingerprint density at radius 3 is 2.56 bits per heavy atom. The van der Waals surface area contributed by atoms with Gasteiger partial charge in [0.05, 0.1) is 11.4 Å². The molecule has 0 atom stereocenters. The monoisotopic (exact) mass is 265 g/mol. The van der Waals surface area contributed by atoms with Crippen molar-refractivity contribution in [2.45, 2.75) is 20.4 Å². The van der Waals surface area contributed by atoms with Crippen molar-refractivity contribution < 1.29 is 4.39 Å². The zero-order valence-corrected chi connectivity index (χ0v) is 10.9. The lowest BCUT2D eigenvalue weighted by Crippen LogP contribution is -2.06. The quantitative estimate of drug-likeness (QED) is 0.923. The third-order valence-corrected chi connectivity index (χ3v) is 2.93. The van der Waals surface area contributed by atoms with Crippen LogP contribution in [0.4, 0.5) is 10.2 Å². The molecule has 1 aromatic carbocycles. The topological polar surface area (TPSA) is 37.8 Å². The summed E-state index contributed by atoms with van der Waals surface area (Å²) in [7, 11) is 0. The summed E-state index contributed by atoms with van der Waals surface area (Å²) in [6, 6.07) is 6.57. The Morgan fingerprint density at radius 2 is 1.83 bits per heavy atom. The van der Waals surface area contributed by atoms with E-state index in [9.17, 15) is 4.39 Å². The molecule has 94 valence electrons. The SMILES string of the molecule is Cc1nc(Cl)c(NCc2ccccc2F)nc1C. The summed E-state index contributed by atoms with van der Waals surface area (Å²) in [5.74, 6) is 0.223. The van der Waals surface area contributed by atoms with Crippen LogP contribution in [0, 0.1) is 19.7 Å². The van der Waals surface area contributed by atoms with Crippen LogP contribution in [0.5, 0.6) is 0 Å². The van der Waals surface area contributed by atoms with Gasteiger partial charge in [-0.1, -0.05) is 29.8 Å². The van der Waals surface area contributed by atoms with Crippen molar-refractivity contribution >= 4 is 17.4 Å². The van der Waals surface area contributed by atoms with E-state index >= 15 is 0 Å². The van der Waals surface area contributed by atoms with Gasteiger partial charge in [-0.3, -0.25) is 0 Å². The first-order chi connectivity index (χ1) is 8.58. The average molecular weight is 266 g/mol. The molecular weight excluding hydrogens is 253 g/mol. The van der Waals surface area contributed by atoms with Gasteiger partial charge in [0, 0.05) is 12.1 Å². The highest BCUT2D eigenvalue weighted by molar-refractivity contribution is 6.31. The molecule has 0 bridgehead atoms. The minimum atomic E-state index is -0.252. The van der Waals surface area contributed by atoms with Gasteiger partial charge in [0.1, 0.15) is 5.82 Å². The van der Waals surface area contributed by atoms with Crippen molar-refractivity contribution in [3.8, 4) is 0 Å². The van der Waals surface area contributed by atoms with Gasteiger partial charge in [-0.15, -0.1) is 0 Å². The summed E-state index contributed by atoms with van der Waals surface area (Å²) in [4.78, 5) is 8.44. The lowest BCUT2D eigenvalue weighted by molar-refractivity contribution is 0.613. The third kappa shape index (κ3) is 2.76. The van der Waals surface area contributed by atoms with Crippen LogP contribution in [0.15, 0.2) is 24.3 Å². The van der Waals surface area contributed by atoms with Crippen LogP contribution in [-0.2, 0) is 6.54 Å². The molecule has 0 unspecified atom stereocenters. The molecule has 0 aliphatic rings. The van der Waals surface area contributed by atoms with Crippen molar-refractivity contribution in [2.75, 3.05) is 5.32 Å². The van der Waals surface area contributed by atoms with Crippen LogP contribution in [0.1, 0.15) is 17.0 Å². The standard InChI is InChI=1S/C13H13ClFN3/c1-8-9(2)18-13(12(14)17-8)16-7-10-5-3-4-6-11(10)15/h3-6H,7H2,1-2H3,(H,16,18). The number of rotatable bonds is 3. The van der Waals surface area contributed by atoms with Crippen LogP contribution in [-0.4, -0.2) is 9.97 Å². The predicted molar refractivity (Wildman–Crippen MR) is 70.2 cm³/mol. The number of anilines is 1. The molecule has 0 saturated heterocycles. The minimum absolute atomic E-state index is 0.252. The first-order valence-electron chi connectivity index (χ1n) is 5.56. The van der Waals surface area contributed by atoms with Gasteiger partial charge in [0.15, 0.2) is 11.0 Å². The molecule has 0 aliphatic carbocycles. The second-order valence-electron chi connectivity index (χ2n) is 3.98. The number of nitrogens with zero attached hydrogens (tertiary/aromatic N) is 2. The zero-order valence-electron chi connectivity index (χ0n) is 10.2. The van der Waals surface area contributed by atoms with Crippen LogP contribution in [0.25, 0.3) is 0 Å². The van der Waals surface area contributed by atoms with Crippen LogP contribution >= 0.6 is 11.6 Å². The number of halogens is 2. The molecule has 2 aromatic rings. The zero-order chi connectivity index (χ0) is 13.1. The maximum atomic E-state index is 13.4. The van der Waals surface area contributed by atoms with Crippen LogP contribution < -0.4 is 5.32 Å². The highest BCUT2D eigenvalue weighted by atomic mass is 35.5. The minimum Gasteiger partial charge on any atom is -0.363 e. The second kappa shape index (κ2) is 5.31. The Morgan fingerprint density at radius 1 is 1.17 bits per heavy atom. The molecule has 18 heavy (non-hydrogen) atoms. The highest BCUT2D eigenvalue weighted by Crippen LogP contribution is 2.19. The predicted octanol–water partition coefficient (Wildman–Crippen LogP) is 3.50. The second-order valence-corrected chi connectivity index (χ2v) is 4.34. The van der Waals surface area contributed by atoms with E-state index in [0.29, 0.717) is 23.1 Å². The molecule has 3 nitrogen and oxygen atoms in total. The fourth-order valence-corrected chi connectivity index (χ4v) is 1.74. The first kappa shape index (κ1) is 12.8. The lowest BCUT2D eigenvalue weighted by atomic mass is 10.2. The maximum Gasteiger partial charge on any atom is 0.171 e. The van der Waals surface area contributed by atoms with E-state index in [2.05, 4.69) is 15.3 Å². The molecule has 0 amide bonds. The summed E-state index contributed by atoms with van der Waals surface area (Å²) in [6.07, 6.45) is 0. The highest BCUT2D eigenvalue weighted by Gasteiger charge is 2.07. The van der Waals surface area contributed by atoms with Gasteiger partial charge in [0.25, 0.3) is 0 Å². The Bertz CT molecular complexity index is 572. The Kier molecular flexibility index (Phi) is 3.77. The largest absolute Gasteiger partial charge is 0.363 e. The Balaban J connectivity index is 2.16. The van der Waals surface area contributed by atoms with E-state index in [1.54, 1.807) is 18.2 Å². The van der Waals surface area contributed by atoms with Crippen LogP contribution in [0.3, 0.4) is 0 Å². The van der Waals surface area contributed by atoms with Gasteiger partial charge < -0.3 is 5.32 Å². The van der Waals surface area contributed by atoms with E-state index in [0.717, 1.165) is 11.4 Å². The molecule has 1 heterocycles. The molecule has 2 rings (SSSR count). The van der Waals surface area contributed by atoms with E-state index in [-0.39, 0.29) is 5.82 Å². The van der Waals surface area contributed by atoms with Gasteiger partial charge in [-0.25, -0.2) is 14.4 Å². The molecule has 0 saturated carbocycles. The van der Waals surface area contributed by atoms with Gasteiger partial charge in [0.2, 0.25) is 0 Å². The summed E-state index contributed by atoms with van der Waals surface area (Å²) in [6.45, 7) is 4.02. The Hall–Kier alpha value is -1.68. The van der Waals surface area contributed by atoms with Crippen LogP contribution in [0.2, 0.25) is 5.15 Å². The molecule has 0 spiro atoms. The molecule has 0 fully saturated rings. The number of benzene rings is 1. The van der Waals surface area contributed by atoms with Gasteiger partial charge in [-0.05, 0) is 19.9 Å². The molecule has 1 N–H and O–H groups in total. The first-order valence-corrected chi connectivity index (χ1v) is 5.93. The number of hydrogen-bond donors (Lipinski definition) is 1. The maximum absolute atomic E-state index is 13.4. The molecule has 1 aromatic heterocycles. The number of hydrogen-bond acceptors (Lipinski definition) is 3.